The van der Waals surface area contributed by atoms with Crippen molar-refractivity contribution in [2.24, 2.45) is 0 Å². The number of hydrogen-bond acceptors (Lipinski definition) is 4. The Balaban J connectivity index is 2.63. The molecule has 0 aliphatic carbocycles. The molecule has 16 heavy (non-hydrogen) atoms. The number of rotatable bonds is 5. The topological polar surface area (TPSA) is 61.2 Å². The Morgan fingerprint density at radius 3 is 2.81 bits per heavy atom. The third-order valence-corrected chi connectivity index (χ3v) is 4.54. The van der Waals surface area contributed by atoms with E-state index >= 15 is 0 Å². The first-order valence-corrected chi connectivity index (χ1v) is 7.43. The summed E-state index contributed by atoms with van der Waals surface area (Å²) in [5.74, 6) is 0.507. The second-order valence-electron chi connectivity index (χ2n) is 4.09. The number of nitrogens with zero attached hydrogens (tertiary/aromatic N) is 2. The summed E-state index contributed by atoms with van der Waals surface area (Å²) >= 11 is 0. The summed E-state index contributed by atoms with van der Waals surface area (Å²) < 4.78 is 22.8. The number of hydrogen-bond donors (Lipinski definition) is 0. The summed E-state index contributed by atoms with van der Waals surface area (Å²) in [5.41, 5.74) is 0. The largest absolute Gasteiger partial charge is 0.373 e. The highest BCUT2D eigenvalue weighted by molar-refractivity contribution is 7.91. The molecule has 0 N–H and O–H groups in total. The molecule has 0 amide bonds. The van der Waals surface area contributed by atoms with Crippen LogP contribution in [0.25, 0.3) is 0 Å². The highest BCUT2D eigenvalue weighted by Crippen LogP contribution is 2.18. The number of allylic oxidation sites excluding steroid dienone is 1. The van der Waals surface area contributed by atoms with E-state index < -0.39 is 9.84 Å². The molecule has 0 aromatic rings. The van der Waals surface area contributed by atoms with Crippen LogP contribution in [-0.2, 0) is 9.84 Å². The smallest absolute Gasteiger partial charge is 0.152 e. The zero-order valence-electron chi connectivity index (χ0n) is 9.59. The minimum absolute atomic E-state index is 0.0566. The fourth-order valence-corrected chi connectivity index (χ4v) is 3.63. The SMILES string of the molecule is CCCCN(/C=C/C#N)[C@H]1CCS(=O)(=O)C1. The molecule has 1 heterocycles. The molecule has 4 nitrogen and oxygen atoms in total. The van der Waals surface area contributed by atoms with Gasteiger partial charge in [-0.05, 0) is 12.8 Å². The molecule has 0 aromatic carbocycles. The lowest BCUT2D eigenvalue weighted by atomic mass is 10.2. The summed E-state index contributed by atoms with van der Waals surface area (Å²) in [6.07, 6.45) is 5.91. The van der Waals surface area contributed by atoms with Crippen molar-refractivity contribution in [3.8, 4) is 6.07 Å². The van der Waals surface area contributed by atoms with Crippen molar-refractivity contribution in [3.63, 3.8) is 0 Å². The molecule has 1 atom stereocenters. The first-order chi connectivity index (χ1) is 7.59. The molecule has 0 bridgehead atoms. The van der Waals surface area contributed by atoms with Gasteiger partial charge in [0.1, 0.15) is 0 Å². The lowest BCUT2D eigenvalue weighted by molar-refractivity contribution is 0.293. The van der Waals surface area contributed by atoms with Crippen molar-refractivity contribution in [2.45, 2.75) is 32.2 Å². The molecule has 0 unspecified atom stereocenters. The van der Waals surface area contributed by atoms with Gasteiger partial charge in [-0.15, -0.1) is 0 Å². The van der Waals surface area contributed by atoms with E-state index in [4.69, 9.17) is 5.26 Å². The number of nitriles is 1. The third kappa shape index (κ3) is 3.86. The predicted molar refractivity (Wildman–Crippen MR) is 63.4 cm³/mol. The van der Waals surface area contributed by atoms with Crippen LogP contribution >= 0.6 is 0 Å². The standard InChI is InChI=1S/C11H18N2O2S/c1-2-3-7-13(8-4-6-12)11-5-9-16(14,15)10-11/h4,8,11H,2-3,5,7,9-10H2,1H3/b8-4+/t11-/m0/s1. The Kier molecular flexibility index (Phi) is 4.81. The van der Waals surface area contributed by atoms with Crippen LogP contribution < -0.4 is 0 Å². The van der Waals surface area contributed by atoms with Gasteiger partial charge >= 0.3 is 0 Å². The van der Waals surface area contributed by atoms with Crippen LogP contribution in [0.4, 0.5) is 0 Å². The van der Waals surface area contributed by atoms with Gasteiger partial charge < -0.3 is 4.90 Å². The van der Waals surface area contributed by atoms with Crippen LogP contribution in [0.15, 0.2) is 12.3 Å². The summed E-state index contributed by atoms with van der Waals surface area (Å²) in [6.45, 7) is 2.92. The van der Waals surface area contributed by atoms with Crippen molar-refractivity contribution in [1.82, 2.24) is 4.90 Å². The van der Waals surface area contributed by atoms with Crippen molar-refractivity contribution in [2.75, 3.05) is 18.1 Å². The van der Waals surface area contributed by atoms with Crippen LogP contribution in [-0.4, -0.2) is 37.4 Å². The average molecular weight is 242 g/mol. The van der Waals surface area contributed by atoms with Gasteiger partial charge in [-0.2, -0.15) is 5.26 Å². The minimum atomic E-state index is -2.85. The Morgan fingerprint density at radius 2 is 2.31 bits per heavy atom. The van der Waals surface area contributed by atoms with Crippen molar-refractivity contribution < 1.29 is 8.42 Å². The molecule has 0 aromatic heterocycles. The van der Waals surface area contributed by atoms with Crippen LogP contribution in [0.3, 0.4) is 0 Å². The first-order valence-electron chi connectivity index (χ1n) is 5.61. The lowest BCUT2D eigenvalue weighted by Crippen LogP contribution is -2.32. The Morgan fingerprint density at radius 1 is 1.56 bits per heavy atom. The summed E-state index contributed by atoms with van der Waals surface area (Å²) in [4.78, 5) is 2.00. The van der Waals surface area contributed by atoms with Crippen LogP contribution in [0.1, 0.15) is 26.2 Å². The van der Waals surface area contributed by atoms with Gasteiger partial charge in [0.05, 0.1) is 17.6 Å². The molecule has 0 saturated carbocycles. The maximum atomic E-state index is 11.4. The lowest BCUT2D eigenvalue weighted by Gasteiger charge is -2.26. The molecular weight excluding hydrogens is 224 g/mol. The van der Waals surface area contributed by atoms with Crippen LogP contribution in [0, 0.1) is 11.3 Å². The van der Waals surface area contributed by atoms with Crippen molar-refractivity contribution in [3.05, 3.63) is 12.3 Å². The highest BCUT2D eigenvalue weighted by atomic mass is 32.2. The Hall–Kier alpha value is -1.02. The molecule has 1 rings (SSSR count). The van der Waals surface area contributed by atoms with Gasteiger partial charge in [-0.25, -0.2) is 8.42 Å². The van der Waals surface area contributed by atoms with E-state index in [-0.39, 0.29) is 17.5 Å². The Labute approximate surface area is 97.5 Å². The zero-order valence-corrected chi connectivity index (χ0v) is 10.4. The highest BCUT2D eigenvalue weighted by Gasteiger charge is 2.30. The Bertz CT molecular complexity index is 381. The van der Waals surface area contributed by atoms with E-state index in [0.29, 0.717) is 6.42 Å². The van der Waals surface area contributed by atoms with Gasteiger partial charge in [0.15, 0.2) is 9.84 Å². The monoisotopic (exact) mass is 242 g/mol. The van der Waals surface area contributed by atoms with Gasteiger partial charge in [0, 0.05) is 24.9 Å². The molecule has 0 radical (unpaired) electrons. The van der Waals surface area contributed by atoms with Crippen molar-refractivity contribution >= 4 is 9.84 Å². The minimum Gasteiger partial charge on any atom is -0.373 e. The predicted octanol–water partition coefficient (Wildman–Crippen LogP) is 1.31. The van der Waals surface area contributed by atoms with E-state index in [2.05, 4.69) is 6.92 Å². The number of sulfone groups is 1. The zero-order chi connectivity index (χ0) is 12.0. The first kappa shape index (κ1) is 13.0. The van der Waals surface area contributed by atoms with Gasteiger partial charge in [-0.3, -0.25) is 0 Å². The maximum absolute atomic E-state index is 11.4. The van der Waals surface area contributed by atoms with Crippen LogP contribution in [0.5, 0.6) is 0 Å². The van der Waals surface area contributed by atoms with Gasteiger partial charge in [0.2, 0.25) is 0 Å². The quantitative estimate of drug-likeness (QED) is 0.682. The van der Waals surface area contributed by atoms with E-state index in [0.717, 1.165) is 19.4 Å². The van der Waals surface area contributed by atoms with Gasteiger partial charge in [0.25, 0.3) is 0 Å². The second kappa shape index (κ2) is 5.90. The van der Waals surface area contributed by atoms with Crippen LogP contribution in [0.2, 0.25) is 0 Å². The average Bonchev–Trinajstić information content (AvgIpc) is 2.59. The normalized spacial score (nSPS) is 23.4. The van der Waals surface area contributed by atoms with Crippen molar-refractivity contribution in [1.29, 1.82) is 5.26 Å². The number of unbranched alkanes of at least 4 members (excludes halogenated alkanes) is 1. The molecule has 90 valence electrons. The molecule has 0 spiro atoms. The van der Waals surface area contributed by atoms with E-state index in [1.807, 2.05) is 11.0 Å². The van der Waals surface area contributed by atoms with Gasteiger partial charge in [-0.1, -0.05) is 13.3 Å². The summed E-state index contributed by atoms with van der Waals surface area (Å²) in [6, 6.07) is 2.00. The van der Waals surface area contributed by atoms with E-state index in [1.54, 1.807) is 6.20 Å². The van der Waals surface area contributed by atoms with E-state index in [1.165, 1.54) is 6.08 Å². The fourth-order valence-electron chi connectivity index (χ4n) is 1.89. The maximum Gasteiger partial charge on any atom is 0.152 e. The molecule has 1 aliphatic heterocycles. The molecule has 1 saturated heterocycles. The summed E-state index contributed by atoms with van der Waals surface area (Å²) in [5, 5.41) is 8.50. The second-order valence-corrected chi connectivity index (χ2v) is 6.32. The third-order valence-electron chi connectivity index (χ3n) is 2.79. The fraction of sp³-hybridized carbons (Fsp3) is 0.727. The molecule has 5 heteroatoms. The molecule has 1 fully saturated rings. The summed E-state index contributed by atoms with van der Waals surface area (Å²) in [7, 11) is -2.85. The molecular formula is C11H18N2O2S. The molecule has 1 aliphatic rings. The van der Waals surface area contributed by atoms with E-state index in [9.17, 15) is 8.42 Å².